The lowest BCUT2D eigenvalue weighted by Crippen LogP contribution is -2.56. The van der Waals surface area contributed by atoms with Crippen molar-refractivity contribution in [3.8, 4) is 0 Å². The summed E-state index contributed by atoms with van der Waals surface area (Å²) in [5, 5.41) is 25.1. The number of fused-ring (bicyclic) bond motifs is 1. The fourth-order valence-electron chi connectivity index (χ4n) is 3.28. The summed E-state index contributed by atoms with van der Waals surface area (Å²) in [6, 6.07) is 13.7. The van der Waals surface area contributed by atoms with Crippen LogP contribution >= 0.6 is 0 Å². The molecule has 0 bridgehead atoms. The van der Waals surface area contributed by atoms with E-state index < -0.39 is 36.2 Å². The largest absolute Gasteiger partial charge is 0.480 e. The van der Waals surface area contributed by atoms with E-state index in [1.54, 1.807) is 30.5 Å². The molecule has 0 unspecified atom stereocenters. The average molecular weight is 439 g/mol. The van der Waals surface area contributed by atoms with Crippen molar-refractivity contribution in [2.24, 2.45) is 0 Å². The van der Waals surface area contributed by atoms with Crippen molar-refractivity contribution in [3.63, 3.8) is 0 Å². The van der Waals surface area contributed by atoms with Gasteiger partial charge < -0.3 is 30.6 Å². The molecule has 1 heterocycles. The van der Waals surface area contributed by atoms with Gasteiger partial charge in [0.25, 0.3) is 0 Å². The summed E-state index contributed by atoms with van der Waals surface area (Å²) in [4.78, 5) is 39.6. The number of hydrogen-bond acceptors (Lipinski definition) is 5. The van der Waals surface area contributed by atoms with Gasteiger partial charge in [-0.25, -0.2) is 9.59 Å². The molecule has 9 heteroatoms. The van der Waals surface area contributed by atoms with Gasteiger partial charge in [0.2, 0.25) is 5.91 Å². The number of aliphatic hydroxyl groups excluding tert-OH is 1. The second kappa shape index (κ2) is 10.5. The Bertz CT molecular complexity index is 1080. The molecule has 9 nitrogen and oxygen atoms in total. The molecule has 5 N–H and O–H groups in total. The zero-order valence-electron chi connectivity index (χ0n) is 17.4. The minimum absolute atomic E-state index is 0.0147. The van der Waals surface area contributed by atoms with Gasteiger partial charge in [-0.15, -0.1) is 0 Å². The number of amides is 2. The molecule has 3 atom stereocenters. The van der Waals surface area contributed by atoms with Crippen molar-refractivity contribution in [2.75, 3.05) is 0 Å². The van der Waals surface area contributed by atoms with E-state index in [1.807, 2.05) is 30.3 Å². The highest BCUT2D eigenvalue weighted by atomic mass is 16.5. The number of rotatable bonds is 9. The lowest BCUT2D eigenvalue weighted by molar-refractivity contribution is -0.142. The molecule has 168 valence electrons. The van der Waals surface area contributed by atoms with E-state index in [0.29, 0.717) is 0 Å². The smallest absolute Gasteiger partial charge is 0.408 e. The third-order valence-corrected chi connectivity index (χ3v) is 4.96. The number of aromatic nitrogens is 1. The normalized spacial score (nSPS) is 13.7. The van der Waals surface area contributed by atoms with Crippen LogP contribution in [0.5, 0.6) is 0 Å². The lowest BCUT2D eigenvalue weighted by atomic mass is 10.0. The van der Waals surface area contributed by atoms with Gasteiger partial charge >= 0.3 is 12.1 Å². The highest BCUT2D eigenvalue weighted by molar-refractivity contribution is 5.90. The molecular formula is C23H25N3O6. The van der Waals surface area contributed by atoms with Crippen LogP contribution in [0.3, 0.4) is 0 Å². The topological polar surface area (TPSA) is 141 Å². The van der Waals surface area contributed by atoms with Crippen molar-refractivity contribution in [3.05, 3.63) is 71.9 Å². The SMILES string of the molecule is C[C@@H](O)[C@H](NC(=O)OCc1ccccc1)C(=O)N[C@H](Cc1c[nH]c2ccccc12)C(=O)O. The third-order valence-electron chi connectivity index (χ3n) is 4.96. The monoisotopic (exact) mass is 439 g/mol. The van der Waals surface area contributed by atoms with Crippen LogP contribution in [-0.2, 0) is 27.4 Å². The number of aliphatic hydroxyl groups is 1. The number of aromatic amines is 1. The Morgan fingerprint density at radius 1 is 1.03 bits per heavy atom. The Labute approximate surface area is 184 Å². The summed E-state index contributed by atoms with van der Waals surface area (Å²) in [5.74, 6) is -2.07. The number of carbonyl (C=O) groups is 3. The summed E-state index contributed by atoms with van der Waals surface area (Å²) in [5.41, 5.74) is 2.32. The Hall–Kier alpha value is -3.85. The number of aliphatic carboxylic acids is 1. The van der Waals surface area contributed by atoms with Crippen molar-refractivity contribution >= 4 is 28.9 Å². The summed E-state index contributed by atoms with van der Waals surface area (Å²) in [7, 11) is 0. The number of carbonyl (C=O) groups excluding carboxylic acids is 2. The zero-order valence-corrected chi connectivity index (χ0v) is 17.4. The minimum atomic E-state index is -1.39. The molecule has 0 saturated heterocycles. The first-order chi connectivity index (χ1) is 15.3. The van der Waals surface area contributed by atoms with Gasteiger partial charge in [0.15, 0.2) is 0 Å². The third kappa shape index (κ3) is 5.86. The molecule has 3 aromatic rings. The summed E-state index contributed by atoms with van der Waals surface area (Å²) < 4.78 is 5.08. The predicted octanol–water partition coefficient (Wildman–Crippen LogP) is 1.96. The average Bonchev–Trinajstić information content (AvgIpc) is 3.19. The number of carboxylic acid groups (broad SMARTS) is 1. The predicted molar refractivity (Wildman–Crippen MR) is 117 cm³/mol. The second-order valence-electron chi connectivity index (χ2n) is 7.39. The van der Waals surface area contributed by atoms with Crippen LogP contribution in [0.25, 0.3) is 10.9 Å². The molecule has 0 aliphatic rings. The summed E-state index contributed by atoms with van der Waals surface area (Å²) in [6.07, 6.45) is -0.464. The quantitative estimate of drug-likeness (QED) is 0.345. The lowest BCUT2D eigenvalue weighted by Gasteiger charge is -2.23. The van der Waals surface area contributed by atoms with E-state index in [2.05, 4.69) is 15.6 Å². The molecule has 32 heavy (non-hydrogen) atoms. The Morgan fingerprint density at radius 3 is 2.41 bits per heavy atom. The number of alkyl carbamates (subject to hydrolysis) is 1. The number of hydrogen-bond donors (Lipinski definition) is 5. The minimum Gasteiger partial charge on any atom is -0.480 e. The summed E-state index contributed by atoms with van der Waals surface area (Å²) >= 11 is 0. The van der Waals surface area contributed by atoms with Crippen LogP contribution < -0.4 is 10.6 Å². The second-order valence-corrected chi connectivity index (χ2v) is 7.39. The van der Waals surface area contributed by atoms with E-state index >= 15 is 0 Å². The molecule has 0 aliphatic carbocycles. The Balaban J connectivity index is 1.63. The van der Waals surface area contributed by atoms with Gasteiger partial charge in [-0.3, -0.25) is 4.79 Å². The van der Waals surface area contributed by atoms with Crippen LogP contribution in [-0.4, -0.2) is 51.4 Å². The zero-order chi connectivity index (χ0) is 23.1. The molecular weight excluding hydrogens is 414 g/mol. The fraction of sp³-hybridized carbons (Fsp3) is 0.261. The first kappa shape index (κ1) is 22.8. The van der Waals surface area contributed by atoms with Crippen LogP contribution in [0.2, 0.25) is 0 Å². The van der Waals surface area contributed by atoms with Crippen molar-refractivity contribution < 1.29 is 29.3 Å². The summed E-state index contributed by atoms with van der Waals surface area (Å²) in [6.45, 7) is 1.30. The van der Waals surface area contributed by atoms with Gasteiger partial charge in [0, 0.05) is 23.5 Å². The van der Waals surface area contributed by atoms with E-state index in [1.165, 1.54) is 6.92 Å². The molecule has 0 spiro atoms. The molecule has 0 aliphatic heterocycles. The van der Waals surface area contributed by atoms with Crippen LogP contribution in [0.4, 0.5) is 4.79 Å². The molecule has 0 saturated carbocycles. The van der Waals surface area contributed by atoms with Gasteiger partial charge in [-0.05, 0) is 24.1 Å². The molecule has 1 aromatic heterocycles. The van der Waals surface area contributed by atoms with Gasteiger partial charge in [-0.1, -0.05) is 48.5 Å². The van der Waals surface area contributed by atoms with E-state index in [9.17, 15) is 24.6 Å². The number of para-hydroxylation sites is 1. The number of ether oxygens (including phenoxy) is 1. The Morgan fingerprint density at radius 2 is 1.72 bits per heavy atom. The highest BCUT2D eigenvalue weighted by Crippen LogP contribution is 2.19. The van der Waals surface area contributed by atoms with Crippen LogP contribution in [0.15, 0.2) is 60.8 Å². The van der Waals surface area contributed by atoms with Crippen molar-refractivity contribution in [2.45, 2.75) is 38.1 Å². The van der Waals surface area contributed by atoms with Crippen molar-refractivity contribution in [1.82, 2.24) is 15.6 Å². The maximum absolute atomic E-state index is 12.7. The molecule has 0 radical (unpaired) electrons. The van der Waals surface area contributed by atoms with E-state index in [4.69, 9.17) is 4.74 Å². The first-order valence-electron chi connectivity index (χ1n) is 10.1. The van der Waals surface area contributed by atoms with Gasteiger partial charge in [-0.2, -0.15) is 0 Å². The van der Waals surface area contributed by atoms with Crippen LogP contribution in [0.1, 0.15) is 18.1 Å². The molecule has 3 rings (SSSR count). The Kier molecular flexibility index (Phi) is 7.45. The van der Waals surface area contributed by atoms with Crippen molar-refractivity contribution in [1.29, 1.82) is 0 Å². The van der Waals surface area contributed by atoms with E-state index in [-0.39, 0.29) is 13.0 Å². The highest BCUT2D eigenvalue weighted by Gasteiger charge is 2.30. The number of benzene rings is 2. The van der Waals surface area contributed by atoms with Crippen LogP contribution in [0, 0.1) is 0 Å². The number of nitrogens with one attached hydrogen (secondary N) is 3. The van der Waals surface area contributed by atoms with Gasteiger partial charge in [0.1, 0.15) is 18.7 Å². The fourth-order valence-corrected chi connectivity index (χ4v) is 3.28. The van der Waals surface area contributed by atoms with Gasteiger partial charge in [0.05, 0.1) is 6.10 Å². The maximum atomic E-state index is 12.7. The number of carboxylic acids is 1. The molecule has 2 aromatic carbocycles. The first-order valence-corrected chi connectivity index (χ1v) is 10.1. The van der Waals surface area contributed by atoms with E-state index in [0.717, 1.165) is 22.0 Å². The molecule has 0 fully saturated rings. The standard InChI is InChI=1S/C23H25N3O6/c1-14(27)20(26-23(31)32-13-15-7-3-2-4-8-15)21(28)25-19(22(29)30)11-16-12-24-18-10-6-5-9-17(16)18/h2-10,12,14,19-20,24,27H,11,13H2,1H3,(H,25,28)(H,26,31)(H,29,30)/t14-,19-,20+/m1/s1. The maximum Gasteiger partial charge on any atom is 0.408 e. The number of H-pyrrole nitrogens is 1. The molecule has 2 amide bonds.